The Hall–Kier alpha value is -2.47. The lowest BCUT2D eigenvalue weighted by Gasteiger charge is -2.25. The van der Waals surface area contributed by atoms with Gasteiger partial charge in [0.2, 0.25) is 0 Å². The summed E-state index contributed by atoms with van der Waals surface area (Å²) in [6.07, 6.45) is 0.807. The summed E-state index contributed by atoms with van der Waals surface area (Å²) in [5.74, 6) is -1.21. The lowest BCUT2D eigenvalue weighted by molar-refractivity contribution is -0.135. The Morgan fingerprint density at radius 3 is 2.48 bits per heavy atom. The molecule has 25 heavy (non-hydrogen) atoms. The molecule has 1 fully saturated rings. The lowest BCUT2D eigenvalue weighted by Crippen LogP contribution is -2.39. The molecule has 0 heterocycles. The van der Waals surface area contributed by atoms with E-state index in [-0.39, 0.29) is 36.7 Å². The van der Waals surface area contributed by atoms with Crippen molar-refractivity contribution < 1.29 is 23.4 Å². The summed E-state index contributed by atoms with van der Waals surface area (Å²) >= 11 is 0. The number of aliphatic hydroxyl groups excluding tert-OH is 1. The van der Waals surface area contributed by atoms with E-state index in [0.29, 0.717) is 5.56 Å². The van der Waals surface area contributed by atoms with Crippen molar-refractivity contribution in [1.82, 2.24) is 4.90 Å². The van der Waals surface area contributed by atoms with Crippen LogP contribution in [0.2, 0.25) is 0 Å². The molecule has 3 rings (SSSR count). The number of rotatable bonds is 7. The van der Waals surface area contributed by atoms with Crippen LogP contribution in [0.1, 0.15) is 24.5 Å². The van der Waals surface area contributed by atoms with E-state index in [2.05, 4.69) is 0 Å². The smallest absolute Gasteiger partial charge is 0.260 e. The van der Waals surface area contributed by atoms with Gasteiger partial charge in [-0.25, -0.2) is 8.78 Å². The van der Waals surface area contributed by atoms with Crippen molar-refractivity contribution >= 4 is 5.91 Å². The van der Waals surface area contributed by atoms with E-state index in [0.717, 1.165) is 12.8 Å². The first-order chi connectivity index (χ1) is 12.0. The summed E-state index contributed by atoms with van der Waals surface area (Å²) in [6, 6.07) is 11.5. The Labute approximate surface area is 144 Å². The van der Waals surface area contributed by atoms with Crippen molar-refractivity contribution in [1.29, 1.82) is 0 Å². The maximum atomic E-state index is 13.6. The molecule has 6 heteroatoms. The third kappa shape index (κ3) is 4.54. The number of benzene rings is 2. The van der Waals surface area contributed by atoms with E-state index in [4.69, 9.17) is 4.74 Å². The summed E-state index contributed by atoms with van der Waals surface area (Å²) in [4.78, 5) is 14.0. The topological polar surface area (TPSA) is 49.8 Å². The van der Waals surface area contributed by atoms with E-state index in [1.54, 1.807) is 17.0 Å². The number of nitrogens with zero attached hydrogens (tertiary/aromatic N) is 1. The molecule has 1 aliphatic carbocycles. The number of carbonyl (C=O) groups is 1. The molecule has 1 unspecified atom stereocenters. The standard InChI is InChI=1S/C19H19F2NO3/c20-14-7-5-13(6-8-14)17(23)11-22(15-9-10-15)19(24)12-25-18-4-2-1-3-16(18)21/h1-8,15,17,23H,9-12H2. The van der Waals surface area contributed by atoms with Crippen LogP contribution in [0.4, 0.5) is 8.78 Å². The number of carbonyl (C=O) groups excluding carboxylic acids is 1. The van der Waals surface area contributed by atoms with Crippen LogP contribution in [0.3, 0.4) is 0 Å². The summed E-state index contributed by atoms with van der Waals surface area (Å²) < 4.78 is 31.8. The predicted molar refractivity (Wildman–Crippen MR) is 88.0 cm³/mol. The molecular formula is C19H19F2NO3. The summed E-state index contributed by atoms with van der Waals surface area (Å²) in [6.45, 7) is -0.205. The predicted octanol–water partition coefficient (Wildman–Crippen LogP) is 3.07. The monoisotopic (exact) mass is 347 g/mol. The molecule has 1 saturated carbocycles. The van der Waals surface area contributed by atoms with Crippen molar-refractivity contribution in [2.45, 2.75) is 25.0 Å². The maximum absolute atomic E-state index is 13.6. The first-order valence-electron chi connectivity index (χ1n) is 8.15. The molecule has 0 saturated heterocycles. The summed E-state index contributed by atoms with van der Waals surface area (Å²) in [5, 5.41) is 10.3. The molecule has 0 aliphatic heterocycles. The van der Waals surface area contributed by atoms with E-state index in [1.807, 2.05) is 0 Å². The summed E-state index contributed by atoms with van der Waals surface area (Å²) in [5.41, 5.74) is 0.537. The van der Waals surface area contributed by atoms with E-state index in [9.17, 15) is 18.7 Å². The van der Waals surface area contributed by atoms with Crippen LogP contribution in [0.25, 0.3) is 0 Å². The molecule has 132 valence electrons. The minimum absolute atomic E-state index is 0.0191. The zero-order chi connectivity index (χ0) is 17.8. The van der Waals surface area contributed by atoms with E-state index < -0.39 is 11.9 Å². The van der Waals surface area contributed by atoms with Gasteiger partial charge in [-0.2, -0.15) is 0 Å². The Balaban J connectivity index is 1.61. The van der Waals surface area contributed by atoms with Crippen LogP contribution in [-0.4, -0.2) is 35.1 Å². The third-order valence-corrected chi connectivity index (χ3v) is 4.12. The van der Waals surface area contributed by atoms with Gasteiger partial charge in [-0.3, -0.25) is 4.79 Å². The van der Waals surface area contributed by atoms with Crippen LogP contribution in [0.5, 0.6) is 5.75 Å². The number of hydrogen-bond donors (Lipinski definition) is 1. The third-order valence-electron chi connectivity index (χ3n) is 4.12. The molecule has 2 aromatic carbocycles. The van der Waals surface area contributed by atoms with Gasteiger partial charge in [0.25, 0.3) is 5.91 Å². The fourth-order valence-electron chi connectivity index (χ4n) is 2.60. The van der Waals surface area contributed by atoms with E-state index >= 15 is 0 Å². The molecule has 1 aliphatic rings. The molecule has 4 nitrogen and oxygen atoms in total. The van der Waals surface area contributed by atoms with Crippen LogP contribution in [0, 0.1) is 11.6 Å². The zero-order valence-electron chi connectivity index (χ0n) is 13.6. The Kier molecular flexibility index (Phi) is 5.28. The number of halogens is 2. The molecule has 0 radical (unpaired) electrons. The first kappa shape index (κ1) is 17.4. The van der Waals surface area contributed by atoms with Crippen molar-refractivity contribution in [3.05, 3.63) is 65.7 Å². The molecule has 0 aromatic heterocycles. The largest absolute Gasteiger partial charge is 0.481 e. The van der Waals surface area contributed by atoms with Crippen LogP contribution in [-0.2, 0) is 4.79 Å². The Morgan fingerprint density at radius 1 is 1.16 bits per heavy atom. The van der Waals surface area contributed by atoms with Gasteiger partial charge in [0.1, 0.15) is 5.82 Å². The minimum Gasteiger partial charge on any atom is -0.481 e. The number of aliphatic hydroxyl groups is 1. The highest BCUT2D eigenvalue weighted by atomic mass is 19.1. The van der Waals surface area contributed by atoms with Gasteiger partial charge < -0.3 is 14.7 Å². The van der Waals surface area contributed by atoms with Crippen LogP contribution in [0.15, 0.2) is 48.5 Å². The molecule has 0 bridgehead atoms. The molecule has 0 spiro atoms. The highest BCUT2D eigenvalue weighted by Crippen LogP contribution is 2.29. The van der Waals surface area contributed by atoms with Crippen molar-refractivity contribution in [3.63, 3.8) is 0 Å². The quantitative estimate of drug-likeness (QED) is 0.837. The molecule has 1 amide bonds. The highest BCUT2D eigenvalue weighted by molar-refractivity contribution is 5.78. The van der Waals surface area contributed by atoms with Gasteiger partial charge in [-0.1, -0.05) is 24.3 Å². The average molecular weight is 347 g/mol. The zero-order valence-corrected chi connectivity index (χ0v) is 13.6. The maximum Gasteiger partial charge on any atom is 0.260 e. The normalized spacial score (nSPS) is 14.8. The SMILES string of the molecule is O=C(COc1ccccc1F)N(CC(O)c1ccc(F)cc1)C1CC1. The highest BCUT2D eigenvalue weighted by Gasteiger charge is 2.34. The van der Waals surface area contributed by atoms with Crippen molar-refractivity contribution in [3.8, 4) is 5.75 Å². The molecule has 1 atom stereocenters. The average Bonchev–Trinajstić information content (AvgIpc) is 3.44. The number of para-hydroxylation sites is 1. The molecule has 2 aromatic rings. The molecule has 1 N–H and O–H groups in total. The fraction of sp³-hybridized carbons (Fsp3) is 0.316. The second-order valence-electron chi connectivity index (χ2n) is 6.06. The Bertz CT molecular complexity index is 732. The lowest BCUT2D eigenvalue weighted by atomic mass is 10.1. The number of amides is 1. The second-order valence-corrected chi connectivity index (χ2v) is 6.06. The Morgan fingerprint density at radius 2 is 1.84 bits per heavy atom. The van der Waals surface area contributed by atoms with Gasteiger partial charge in [0.15, 0.2) is 18.2 Å². The van der Waals surface area contributed by atoms with Gasteiger partial charge in [-0.15, -0.1) is 0 Å². The fourth-order valence-corrected chi connectivity index (χ4v) is 2.60. The van der Waals surface area contributed by atoms with Crippen LogP contribution >= 0.6 is 0 Å². The van der Waals surface area contributed by atoms with E-state index in [1.165, 1.54) is 36.4 Å². The first-order valence-corrected chi connectivity index (χ1v) is 8.15. The minimum atomic E-state index is -0.918. The van der Waals surface area contributed by atoms with Gasteiger partial charge in [0.05, 0.1) is 12.6 Å². The second kappa shape index (κ2) is 7.61. The summed E-state index contributed by atoms with van der Waals surface area (Å²) in [7, 11) is 0. The van der Waals surface area contributed by atoms with Gasteiger partial charge >= 0.3 is 0 Å². The van der Waals surface area contributed by atoms with Gasteiger partial charge in [0, 0.05) is 6.04 Å². The van der Waals surface area contributed by atoms with Crippen molar-refractivity contribution in [2.24, 2.45) is 0 Å². The van der Waals surface area contributed by atoms with Crippen LogP contribution < -0.4 is 4.74 Å². The van der Waals surface area contributed by atoms with Gasteiger partial charge in [-0.05, 0) is 42.7 Å². The number of hydrogen-bond acceptors (Lipinski definition) is 3. The molecular weight excluding hydrogens is 328 g/mol. The number of ether oxygens (including phenoxy) is 1. The van der Waals surface area contributed by atoms with Crippen molar-refractivity contribution in [2.75, 3.05) is 13.2 Å².